The Balaban J connectivity index is 1.76. The minimum Gasteiger partial charge on any atom is -0.292 e. The van der Waals surface area contributed by atoms with Crippen LogP contribution in [0.5, 0.6) is 0 Å². The van der Waals surface area contributed by atoms with Crippen LogP contribution in [0.2, 0.25) is 10.0 Å². The summed E-state index contributed by atoms with van der Waals surface area (Å²) in [6.45, 7) is 3.58. The van der Waals surface area contributed by atoms with E-state index in [2.05, 4.69) is 6.92 Å². The van der Waals surface area contributed by atoms with Crippen molar-refractivity contribution in [3.8, 4) is 0 Å². The van der Waals surface area contributed by atoms with Gasteiger partial charge < -0.3 is 0 Å². The molecule has 1 aliphatic carbocycles. The molecule has 0 aromatic heterocycles. The molecule has 3 amide bonds. The molecular weight excluding hydrogens is 463 g/mol. The second-order valence-electron chi connectivity index (χ2n) is 8.80. The third kappa shape index (κ3) is 4.30. The smallest absolute Gasteiger partial charge is 0.273 e. The summed E-state index contributed by atoms with van der Waals surface area (Å²) < 4.78 is 0. The first-order valence-electron chi connectivity index (χ1n) is 11.0. The van der Waals surface area contributed by atoms with Gasteiger partial charge in [0.15, 0.2) is 5.78 Å². The van der Waals surface area contributed by atoms with Crippen molar-refractivity contribution in [2.24, 2.45) is 17.8 Å². The van der Waals surface area contributed by atoms with E-state index >= 15 is 0 Å². The minimum atomic E-state index is -1.10. The molecule has 0 spiro atoms. The summed E-state index contributed by atoms with van der Waals surface area (Å²) in [4.78, 5) is 53.7. The number of carbonyl (C=O) groups excluding carboxylic acids is 4. The fourth-order valence-corrected chi connectivity index (χ4v) is 5.04. The number of rotatable bonds is 5. The van der Waals surface area contributed by atoms with E-state index < -0.39 is 35.6 Å². The van der Waals surface area contributed by atoms with E-state index in [-0.39, 0.29) is 21.4 Å². The van der Waals surface area contributed by atoms with Gasteiger partial charge in [-0.2, -0.15) is 5.01 Å². The molecule has 33 heavy (non-hydrogen) atoms. The lowest BCUT2D eigenvalue weighted by atomic mass is 9.76. The number of hydrazine groups is 1. The van der Waals surface area contributed by atoms with Crippen LogP contribution in [0.25, 0.3) is 0 Å². The number of carbonyl (C=O) groups is 4. The lowest BCUT2D eigenvalue weighted by molar-refractivity contribution is -0.156. The maximum Gasteiger partial charge on any atom is 0.273 e. The second kappa shape index (κ2) is 9.27. The Kier molecular flexibility index (Phi) is 6.59. The molecule has 4 rings (SSSR count). The molecule has 2 aromatic rings. The number of Topliss-reactive ketones (excluding diaryl/α,β-unsaturated/α-hetero) is 1. The van der Waals surface area contributed by atoms with Crippen LogP contribution < -0.4 is 0 Å². The van der Waals surface area contributed by atoms with Crippen LogP contribution in [-0.4, -0.2) is 39.6 Å². The Bertz CT molecular complexity index is 1120. The first-order valence-corrected chi connectivity index (χ1v) is 11.7. The molecule has 8 heteroatoms. The zero-order chi connectivity index (χ0) is 23.9. The number of nitrogens with zero attached hydrogens (tertiary/aromatic N) is 2. The van der Waals surface area contributed by atoms with Gasteiger partial charge in [-0.05, 0) is 50.3 Å². The van der Waals surface area contributed by atoms with E-state index in [1.807, 2.05) is 0 Å². The molecule has 172 valence electrons. The van der Waals surface area contributed by atoms with Gasteiger partial charge in [0.25, 0.3) is 17.7 Å². The fourth-order valence-electron chi connectivity index (χ4n) is 4.74. The molecule has 6 nitrogen and oxygen atoms in total. The van der Waals surface area contributed by atoms with Gasteiger partial charge in [-0.15, -0.1) is 0 Å². The van der Waals surface area contributed by atoms with Crippen LogP contribution in [0.15, 0.2) is 48.5 Å². The molecule has 0 N–H and O–H groups in total. The van der Waals surface area contributed by atoms with Gasteiger partial charge in [0.1, 0.15) is 6.04 Å². The topological polar surface area (TPSA) is 74.8 Å². The zero-order valence-electron chi connectivity index (χ0n) is 18.3. The quantitative estimate of drug-likeness (QED) is 0.438. The van der Waals surface area contributed by atoms with Crippen LogP contribution in [0.3, 0.4) is 0 Å². The first-order chi connectivity index (χ1) is 15.7. The summed E-state index contributed by atoms with van der Waals surface area (Å²) in [6, 6.07) is 11.7. The van der Waals surface area contributed by atoms with E-state index in [0.717, 1.165) is 16.4 Å². The highest BCUT2D eigenvalue weighted by Crippen LogP contribution is 2.41. The third-order valence-corrected chi connectivity index (χ3v) is 7.30. The predicted molar refractivity (Wildman–Crippen MR) is 125 cm³/mol. The minimum absolute atomic E-state index is 0.126. The Morgan fingerprint density at radius 3 is 2.27 bits per heavy atom. The number of ketones is 1. The highest BCUT2D eigenvalue weighted by Gasteiger charge is 2.54. The average molecular weight is 487 g/mol. The lowest BCUT2D eigenvalue weighted by Gasteiger charge is -2.34. The molecule has 2 fully saturated rings. The summed E-state index contributed by atoms with van der Waals surface area (Å²) in [6.07, 6.45) is 2.01. The zero-order valence-corrected chi connectivity index (χ0v) is 19.8. The number of imide groups is 1. The molecule has 2 aliphatic rings. The molecular formula is C25H24Cl2N2O4. The molecule has 1 saturated heterocycles. The lowest BCUT2D eigenvalue weighted by Crippen LogP contribution is -2.56. The van der Waals surface area contributed by atoms with Crippen LogP contribution in [0.1, 0.15) is 53.8 Å². The molecule has 1 heterocycles. The standard InChI is InChI=1S/C25H24Cl2N2O4/c1-14-8-10-18-19(12-14)25(33)29(24(18)32)28(15(2)22(30)16-6-4-3-5-7-16)23(31)17-9-11-20(26)21(27)13-17/h3-7,9,11,13-15,18-19H,8,10,12H2,1-2H3/t14-,15-,18+,19-/m1/s1. The molecule has 0 unspecified atom stereocenters. The maximum absolute atomic E-state index is 13.7. The van der Waals surface area contributed by atoms with Crippen molar-refractivity contribution >= 4 is 46.7 Å². The molecule has 4 atom stereocenters. The highest BCUT2D eigenvalue weighted by atomic mass is 35.5. The number of benzene rings is 2. The summed E-state index contributed by atoms with van der Waals surface area (Å²) in [5, 5.41) is 2.33. The molecule has 1 aliphatic heterocycles. The average Bonchev–Trinajstić information content (AvgIpc) is 3.05. The van der Waals surface area contributed by atoms with Gasteiger partial charge in [-0.1, -0.05) is 60.5 Å². The normalized spacial score (nSPS) is 23.3. The van der Waals surface area contributed by atoms with Crippen molar-refractivity contribution in [3.05, 3.63) is 69.7 Å². The molecule has 1 saturated carbocycles. The fraction of sp³-hybridized carbons (Fsp3) is 0.360. The largest absolute Gasteiger partial charge is 0.292 e. The Hall–Kier alpha value is -2.70. The maximum atomic E-state index is 13.7. The van der Waals surface area contributed by atoms with E-state index in [0.29, 0.717) is 24.3 Å². The summed E-state index contributed by atoms with van der Waals surface area (Å²) in [5.74, 6) is -2.56. The number of hydrogen-bond donors (Lipinski definition) is 0. The number of amides is 3. The summed E-state index contributed by atoms with van der Waals surface area (Å²) >= 11 is 12.1. The van der Waals surface area contributed by atoms with Crippen molar-refractivity contribution in [1.29, 1.82) is 0 Å². The Morgan fingerprint density at radius 2 is 1.61 bits per heavy atom. The second-order valence-corrected chi connectivity index (χ2v) is 9.62. The van der Waals surface area contributed by atoms with Gasteiger partial charge in [-0.25, -0.2) is 5.01 Å². The Labute approximate surface area is 202 Å². The van der Waals surface area contributed by atoms with Crippen LogP contribution >= 0.6 is 23.2 Å². The number of fused-ring (bicyclic) bond motifs is 1. The van der Waals surface area contributed by atoms with Gasteiger partial charge in [0.2, 0.25) is 0 Å². The van der Waals surface area contributed by atoms with Crippen molar-refractivity contribution in [2.45, 2.75) is 39.2 Å². The third-order valence-electron chi connectivity index (χ3n) is 6.56. The predicted octanol–water partition coefficient (Wildman–Crippen LogP) is 5.04. The number of hydrogen-bond acceptors (Lipinski definition) is 4. The van der Waals surface area contributed by atoms with Gasteiger partial charge >= 0.3 is 0 Å². The van der Waals surface area contributed by atoms with Crippen molar-refractivity contribution in [3.63, 3.8) is 0 Å². The van der Waals surface area contributed by atoms with Gasteiger partial charge in [0, 0.05) is 11.1 Å². The Morgan fingerprint density at radius 1 is 0.939 bits per heavy atom. The van der Waals surface area contributed by atoms with Gasteiger partial charge in [-0.3, -0.25) is 19.2 Å². The van der Waals surface area contributed by atoms with Crippen LogP contribution in [0, 0.1) is 17.8 Å². The van der Waals surface area contributed by atoms with Gasteiger partial charge in [0.05, 0.1) is 21.9 Å². The van der Waals surface area contributed by atoms with Crippen molar-refractivity contribution < 1.29 is 19.2 Å². The van der Waals surface area contributed by atoms with Crippen LogP contribution in [0.4, 0.5) is 0 Å². The number of halogens is 2. The van der Waals surface area contributed by atoms with E-state index in [1.165, 1.54) is 25.1 Å². The van der Waals surface area contributed by atoms with Crippen LogP contribution in [-0.2, 0) is 9.59 Å². The molecule has 0 radical (unpaired) electrons. The monoisotopic (exact) mass is 486 g/mol. The van der Waals surface area contributed by atoms with E-state index in [4.69, 9.17) is 23.2 Å². The SMILES string of the molecule is C[C@@H]1CC[C@@H]2C(=O)N(N(C(=O)c3ccc(Cl)c(Cl)c3)[C@H](C)C(=O)c3ccccc3)C(=O)[C@@H]2C1. The first kappa shape index (κ1) is 23.5. The van der Waals surface area contributed by atoms with Crippen molar-refractivity contribution in [1.82, 2.24) is 10.0 Å². The molecule has 0 bridgehead atoms. The van der Waals surface area contributed by atoms with Crippen molar-refractivity contribution in [2.75, 3.05) is 0 Å². The van der Waals surface area contributed by atoms with E-state index in [1.54, 1.807) is 30.3 Å². The van der Waals surface area contributed by atoms with E-state index in [9.17, 15) is 19.2 Å². The summed E-state index contributed by atoms with van der Waals surface area (Å²) in [5.41, 5.74) is 0.503. The summed E-state index contributed by atoms with van der Waals surface area (Å²) in [7, 11) is 0. The molecule has 2 aromatic carbocycles. The highest BCUT2D eigenvalue weighted by molar-refractivity contribution is 6.42.